The quantitative estimate of drug-likeness (QED) is 0.799. The minimum atomic E-state index is -3.79. The van der Waals surface area contributed by atoms with Crippen molar-refractivity contribution in [2.75, 3.05) is 6.54 Å². The molecule has 2 aromatic rings. The number of nitrogens with one attached hydrogen (secondary N) is 1. The van der Waals surface area contributed by atoms with Crippen LogP contribution < -0.4 is 10.5 Å². The molecule has 3 rings (SSSR count). The summed E-state index contributed by atoms with van der Waals surface area (Å²) in [5.74, 6) is 0.637. The molecule has 6 heteroatoms. The zero-order chi connectivity index (χ0) is 19.3. The summed E-state index contributed by atoms with van der Waals surface area (Å²) in [5, 5.41) is 8.35. The lowest BCUT2D eigenvalue weighted by Crippen LogP contribution is -2.31. The Morgan fingerprint density at radius 1 is 1.00 bits per heavy atom. The summed E-state index contributed by atoms with van der Waals surface area (Å²) in [6.07, 6.45) is 6.58. The van der Waals surface area contributed by atoms with Gasteiger partial charge in [0.25, 0.3) is 0 Å². The monoisotopic (exact) mass is 386 g/mol. The number of hydrogen-bond donors (Lipinski definition) is 2. The first-order valence-electron chi connectivity index (χ1n) is 9.41. The number of amides is 1. The lowest BCUT2D eigenvalue weighted by molar-refractivity contribution is -0.120. The molecule has 1 fully saturated rings. The number of sulfonamides is 1. The van der Waals surface area contributed by atoms with Crippen molar-refractivity contribution in [2.45, 2.75) is 43.4 Å². The summed E-state index contributed by atoms with van der Waals surface area (Å²) in [6, 6.07) is 14.0. The van der Waals surface area contributed by atoms with Crippen LogP contribution in [0.1, 0.15) is 37.7 Å². The van der Waals surface area contributed by atoms with Gasteiger partial charge >= 0.3 is 0 Å². The second kappa shape index (κ2) is 8.67. The molecular weight excluding hydrogens is 360 g/mol. The van der Waals surface area contributed by atoms with Crippen molar-refractivity contribution in [3.63, 3.8) is 0 Å². The highest BCUT2D eigenvalue weighted by Gasteiger charge is 2.16. The molecule has 5 nitrogen and oxygen atoms in total. The van der Waals surface area contributed by atoms with Crippen LogP contribution in [-0.4, -0.2) is 20.9 Å². The maximum atomic E-state index is 12.2. The molecule has 3 N–H and O–H groups in total. The largest absolute Gasteiger partial charge is 0.356 e. The fourth-order valence-corrected chi connectivity index (χ4v) is 4.41. The SMILES string of the molecule is NS(=O)(=O)c1ccccc1-c1ccc(CC(=O)NCC2CCCCC2)cc1. The Morgan fingerprint density at radius 2 is 1.67 bits per heavy atom. The fourth-order valence-electron chi connectivity index (χ4n) is 3.65. The Kier molecular flexibility index (Phi) is 6.29. The molecule has 27 heavy (non-hydrogen) atoms. The van der Waals surface area contributed by atoms with E-state index in [9.17, 15) is 13.2 Å². The molecule has 0 aromatic heterocycles. The highest BCUT2D eigenvalue weighted by molar-refractivity contribution is 7.89. The number of carbonyl (C=O) groups is 1. The molecule has 0 spiro atoms. The molecule has 1 aliphatic carbocycles. The normalized spacial score (nSPS) is 15.4. The molecule has 0 saturated heterocycles. The van der Waals surface area contributed by atoms with Gasteiger partial charge in [0.1, 0.15) is 0 Å². The van der Waals surface area contributed by atoms with Crippen LogP contribution in [0.3, 0.4) is 0 Å². The molecule has 2 aromatic carbocycles. The molecule has 0 aliphatic heterocycles. The van der Waals surface area contributed by atoms with Crippen LogP contribution in [0.2, 0.25) is 0 Å². The van der Waals surface area contributed by atoms with Gasteiger partial charge in [0, 0.05) is 12.1 Å². The molecule has 0 heterocycles. The molecule has 0 bridgehead atoms. The van der Waals surface area contributed by atoms with Crippen molar-refractivity contribution < 1.29 is 13.2 Å². The average molecular weight is 387 g/mol. The molecule has 1 amide bonds. The number of nitrogens with two attached hydrogens (primary N) is 1. The second-order valence-corrected chi connectivity index (χ2v) is 8.75. The minimum absolute atomic E-state index is 0.0262. The van der Waals surface area contributed by atoms with Crippen molar-refractivity contribution in [2.24, 2.45) is 11.1 Å². The molecule has 1 aliphatic rings. The van der Waals surface area contributed by atoms with Gasteiger partial charge in [-0.3, -0.25) is 4.79 Å². The summed E-state index contributed by atoms with van der Waals surface area (Å²) in [4.78, 5) is 12.3. The first-order chi connectivity index (χ1) is 12.9. The summed E-state index contributed by atoms with van der Waals surface area (Å²) in [6.45, 7) is 0.763. The fraction of sp³-hybridized carbons (Fsp3) is 0.381. The van der Waals surface area contributed by atoms with E-state index in [0.717, 1.165) is 17.7 Å². The maximum Gasteiger partial charge on any atom is 0.238 e. The summed E-state index contributed by atoms with van der Waals surface area (Å²) < 4.78 is 23.5. The van der Waals surface area contributed by atoms with Gasteiger partial charge in [-0.2, -0.15) is 0 Å². The van der Waals surface area contributed by atoms with E-state index in [-0.39, 0.29) is 10.8 Å². The van der Waals surface area contributed by atoms with Gasteiger partial charge in [-0.25, -0.2) is 13.6 Å². The van der Waals surface area contributed by atoms with E-state index < -0.39 is 10.0 Å². The third kappa shape index (κ3) is 5.40. The predicted octanol–water partition coefficient (Wildman–Crippen LogP) is 3.24. The topological polar surface area (TPSA) is 89.3 Å². The van der Waals surface area contributed by atoms with Gasteiger partial charge in [-0.05, 0) is 36.0 Å². The van der Waals surface area contributed by atoms with Crippen LogP contribution >= 0.6 is 0 Å². The van der Waals surface area contributed by atoms with E-state index in [1.165, 1.54) is 38.2 Å². The van der Waals surface area contributed by atoms with Crippen LogP contribution in [0.4, 0.5) is 0 Å². The Morgan fingerprint density at radius 3 is 2.33 bits per heavy atom. The number of benzene rings is 2. The zero-order valence-electron chi connectivity index (χ0n) is 15.4. The summed E-state index contributed by atoms with van der Waals surface area (Å²) in [7, 11) is -3.79. The van der Waals surface area contributed by atoms with Gasteiger partial charge in [0.2, 0.25) is 15.9 Å². The number of primary sulfonamides is 1. The summed E-state index contributed by atoms with van der Waals surface area (Å²) in [5.41, 5.74) is 2.22. The van der Waals surface area contributed by atoms with E-state index in [1.54, 1.807) is 18.2 Å². The van der Waals surface area contributed by atoms with Gasteiger partial charge in [0.05, 0.1) is 11.3 Å². The molecule has 0 radical (unpaired) electrons. The van der Waals surface area contributed by atoms with Crippen LogP contribution in [0.25, 0.3) is 11.1 Å². The number of carbonyl (C=O) groups excluding carboxylic acids is 1. The van der Waals surface area contributed by atoms with E-state index in [1.807, 2.05) is 24.3 Å². The number of rotatable bonds is 6. The van der Waals surface area contributed by atoms with E-state index in [0.29, 0.717) is 17.9 Å². The minimum Gasteiger partial charge on any atom is -0.356 e. The first-order valence-corrected chi connectivity index (χ1v) is 11.0. The predicted molar refractivity (Wildman–Crippen MR) is 107 cm³/mol. The van der Waals surface area contributed by atoms with Gasteiger partial charge in [0.15, 0.2) is 0 Å². The first kappa shape index (κ1) is 19.6. The van der Waals surface area contributed by atoms with Crippen molar-refractivity contribution in [1.82, 2.24) is 5.32 Å². The highest BCUT2D eigenvalue weighted by atomic mass is 32.2. The Hall–Kier alpha value is -2.18. The van der Waals surface area contributed by atoms with E-state index in [2.05, 4.69) is 5.32 Å². The van der Waals surface area contributed by atoms with Gasteiger partial charge < -0.3 is 5.32 Å². The maximum absolute atomic E-state index is 12.2. The second-order valence-electron chi connectivity index (χ2n) is 7.22. The van der Waals surface area contributed by atoms with E-state index in [4.69, 9.17) is 5.14 Å². The molecule has 0 atom stereocenters. The zero-order valence-corrected chi connectivity index (χ0v) is 16.2. The van der Waals surface area contributed by atoms with Crippen LogP contribution in [0, 0.1) is 5.92 Å². The van der Waals surface area contributed by atoms with Crippen LogP contribution in [0.5, 0.6) is 0 Å². The Labute approximate surface area is 161 Å². The standard InChI is InChI=1S/C21H26N2O3S/c22-27(25,26)20-9-5-4-8-19(20)18-12-10-16(11-13-18)14-21(24)23-15-17-6-2-1-3-7-17/h4-5,8-13,17H,1-3,6-7,14-15H2,(H,23,24)(H2,22,25,26). The smallest absolute Gasteiger partial charge is 0.238 e. The summed E-state index contributed by atoms with van der Waals surface area (Å²) >= 11 is 0. The molecule has 144 valence electrons. The molecule has 1 saturated carbocycles. The van der Waals surface area contributed by atoms with Crippen molar-refractivity contribution in [3.05, 3.63) is 54.1 Å². The van der Waals surface area contributed by atoms with Gasteiger partial charge in [-0.15, -0.1) is 0 Å². The highest BCUT2D eigenvalue weighted by Crippen LogP contribution is 2.27. The lowest BCUT2D eigenvalue weighted by Gasteiger charge is -2.21. The average Bonchev–Trinajstić information content (AvgIpc) is 2.67. The third-order valence-corrected chi connectivity index (χ3v) is 6.10. The molecular formula is C21H26N2O3S. The van der Waals surface area contributed by atoms with E-state index >= 15 is 0 Å². The Balaban J connectivity index is 1.63. The lowest BCUT2D eigenvalue weighted by atomic mass is 9.89. The van der Waals surface area contributed by atoms with Crippen molar-refractivity contribution in [3.8, 4) is 11.1 Å². The third-order valence-electron chi connectivity index (χ3n) is 5.14. The Bertz CT molecular complexity index is 886. The van der Waals surface area contributed by atoms with Gasteiger partial charge in [-0.1, -0.05) is 61.7 Å². The van der Waals surface area contributed by atoms with Crippen molar-refractivity contribution in [1.29, 1.82) is 0 Å². The number of hydrogen-bond acceptors (Lipinski definition) is 3. The van der Waals surface area contributed by atoms with Crippen LogP contribution in [0.15, 0.2) is 53.4 Å². The van der Waals surface area contributed by atoms with Crippen molar-refractivity contribution >= 4 is 15.9 Å². The molecule has 0 unspecified atom stereocenters. The van der Waals surface area contributed by atoms with Crippen LogP contribution in [-0.2, 0) is 21.2 Å².